The zero-order valence-electron chi connectivity index (χ0n) is 11.7. The minimum Gasteiger partial charge on any atom is -0.383 e. The van der Waals surface area contributed by atoms with E-state index in [9.17, 15) is 0 Å². The number of nitrogens with two attached hydrogens (primary N) is 1. The lowest BCUT2D eigenvalue weighted by Gasteiger charge is -2.17. The highest BCUT2D eigenvalue weighted by Gasteiger charge is 2.18. The van der Waals surface area contributed by atoms with E-state index in [2.05, 4.69) is 22.1 Å². The Labute approximate surface area is 123 Å². The number of hydrogen-bond donors (Lipinski definition) is 1. The number of aryl methyl sites for hydroxylation is 1. The molecule has 4 heteroatoms. The maximum atomic E-state index is 6.14. The molecule has 2 aromatic heterocycles. The Bertz CT molecular complexity index is 821. The molecule has 0 saturated carbocycles. The van der Waals surface area contributed by atoms with Crippen LogP contribution in [0.4, 0.5) is 5.82 Å². The number of benzene rings is 1. The summed E-state index contributed by atoms with van der Waals surface area (Å²) >= 11 is 0. The van der Waals surface area contributed by atoms with Gasteiger partial charge in [-0.25, -0.2) is 9.97 Å². The maximum Gasteiger partial charge on any atom is 0.181 e. The molecule has 0 spiro atoms. The number of rotatable bonds is 1. The fraction of sp³-hybridized carbons (Fsp3) is 0.235. The molecule has 4 rings (SSSR count). The van der Waals surface area contributed by atoms with Gasteiger partial charge in [0.1, 0.15) is 11.5 Å². The minimum atomic E-state index is 0.615. The van der Waals surface area contributed by atoms with Crippen LogP contribution in [0.25, 0.3) is 22.3 Å². The number of nitrogens with zero attached hydrogens (tertiary/aromatic N) is 3. The predicted octanol–water partition coefficient (Wildman–Crippen LogP) is 3.15. The van der Waals surface area contributed by atoms with E-state index < -0.39 is 0 Å². The molecule has 1 aliphatic carbocycles. The van der Waals surface area contributed by atoms with E-state index in [4.69, 9.17) is 10.7 Å². The van der Waals surface area contributed by atoms with Crippen LogP contribution in [0.2, 0.25) is 0 Å². The van der Waals surface area contributed by atoms with Crippen molar-refractivity contribution < 1.29 is 0 Å². The van der Waals surface area contributed by atoms with Crippen molar-refractivity contribution in [3.63, 3.8) is 0 Å². The van der Waals surface area contributed by atoms with Gasteiger partial charge >= 0.3 is 0 Å². The largest absolute Gasteiger partial charge is 0.383 e. The first-order valence-electron chi connectivity index (χ1n) is 7.32. The average molecular weight is 276 g/mol. The first-order chi connectivity index (χ1) is 10.3. The zero-order chi connectivity index (χ0) is 14.2. The average Bonchev–Trinajstić information content (AvgIpc) is 2.54. The van der Waals surface area contributed by atoms with Crippen LogP contribution < -0.4 is 5.73 Å². The molecule has 1 aromatic carbocycles. The van der Waals surface area contributed by atoms with E-state index in [-0.39, 0.29) is 0 Å². The highest BCUT2D eigenvalue weighted by molar-refractivity contribution is 5.92. The zero-order valence-corrected chi connectivity index (χ0v) is 11.7. The molecular formula is C17H16N4. The molecule has 21 heavy (non-hydrogen) atoms. The summed E-state index contributed by atoms with van der Waals surface area (Å²) in [6, 6.07) is 10.2. The van der Waals surface area contributed by atoms with E-state index >= 15 is 0 Å². The van der Waals surface area contributed by atoms with Gasteiger partial charge in [-0.3, -0.25) is 4.98 Å². The second-order valence-corrected chi connectivity index (χ2v) is 5.45. The normalized spacial score (nSPS) is 14.1. The Morgan fingerprint density at radius 1 is 0.952 bits per heavy atom. The summed E-state index contributed by atoms with van der Waals surface area (Å²) in [7, 11) is 0. The number of pyridine rings is 1. The third kappa shape index (κ3) is 2.03. The third-order valence-corrected chi connectivity index (χ3v) is 4.10. The highest BCUT2D eigenvalue weighted by atomic mass is 15.0. The van der Waals surface area contributed by atoms with E-state index in [1.165, 1.54) is 12.8 Å². The summed E-state index contributed by atoms with van der Waals surface area (Å²) in [5.41, 5.74) is 9.18. The Kier molecular flexibility index (Phi) is 2.81. The van der Waals surface area contributed by atoms with Crippen molar-refractivity contribution in [2.45, 2.75) is 25.7 Å². The summed E-state index contributed by atoms with van der Waals surface area (Å²) in [6.07, 6.45) is 6.12. The van der Waals surface area contributed by atoms with Crippen LogP contribution >= 0.6 is 0 Å². The Balaban J connectivity index is 1.95. The predicted molar refractivity (Wildman–Crippen MR) is 83.8 cm³/mol. The molecule has 0 amide bonds. The number of aromatic nitrogens is 3. The van der Waals surface area contributed by atoms with E-state index in [0.717, 1.165) is 40.6 Å². The van der Waals surface area contributed by atoms with Crippen LogP contribution in [0.1, 0.15) is 24.1 Å². The third-order valence-electron chi connectivity index (χ3n) is 4.10. The second-order valence-electron chi connectivity index (χ2n) is 5.45. The van der Waals surface area contributed by atoms with Crippen molar-refractivity contribution in [3.05, 3.63) is 47.8 Å². The van der Waals surface area contributed by atoms with Crippen molar-refractivity contribution in [2.75, 3.05) is 5.73 Å². The van der Waals surface area contributed by atoms with E-state index in [0.29, 0.717) is 11.6 Å². The van der Waals surface area contributed by atoms with Crippen molar-refractivity contribution >= 4 is 16.6 Å². The molecule has 0 aliphatic heterocycles. The first-order valence-corrected chi connectivity index (χ1v) is 7.32. The van der Waals surface area contributed by atoms with Crippen LogP contribution in [0, 0.1) is 0 Å². The standard InChI is InChI=1S/C17H16N4/c18-16-13-7-3-4-8-14(13)20-17(21-16)15-12-6-2-1-5-11(12)9-10-19-15/h1-2,5-6,9-10H,3-4,7-8H2,(H2,18,20,21). The molecule has 0 atom stereocenters. The van der Waals surface area contributed by atoms with Crippen LogP contribution in [0.15, 0.2) is 36.5 Å². The Morgan fingerprint density at radius 3 is 2.76 bits per heavy atom. The summed E-state index contributed by atoms with van der Waals surface area (Å²) < 4.78 is 0. The van der Waals surface area contributed by atoms with Gasteiger partial charge < -0.3 is 5.73 Å². The number of nitrogen functional groups attached to an aromatic ring is 1. The lowest BCUT2D eigenvalue weighted by molar-refractivity contribution is 0.666. The van der Waals surface area contributed by atoms with Crippen molar-refractivity contribution in [2.24, 2.45) is 0 Å². The quantitative estimate of drug-likeness (QED) is 0.741. The van der Waals surface area contributed by atoms with Gasteiger partial charge in [0.25, 0.3) is 0 Å². The molecule has 2 N–H and O–H groups in total. The topological polar surface area (TPSA) is 64.7 Å². The monoisotopic (exact) mass is 276 g/mol. The molecule has 0 saturated heterocycles. The fourth-order valence-electron chi connectivity index (χ4n) is 3.03. The lowest BCUT2D eigenvalue weighted by atomic mass is 9.96. The second kappa shape index (κ2) is 4.81. The van der Waals surface area contributed by atoms with E-state index in [1.54, 1.807) is 6.20 Å². The Morgan fingerprint density at radius 2 is 1.81 bits per heavy atom. The highest BCUT2D eigenvalue weighted by Crippen LogP contribution is 2.29. The van der Waals surface area contributed by atoms with Crippen molar-refractivity contribution in [1.82, 2.24) is 15.0 Å². The molecular weight excluding hydrogens is 260 g/mol. The Hall–Kier alpha value is -2.49. The first kappa shape index (κ1) is 12.3. The van der Waals surface area contributed by atoms with Gasteiger partial charge in [-0.15, -0.1) is 0 Å². The molecule has 4 nitrogen and oxygen atoms in total. The summed E-state index contributed by atoms with van der Waals surface area (Å²) in [4.78, 5) is 13.7. The molecule has 2 heterocycles. The summed E-state index contributed by atoms with van der Waals surface area (Å²) in [5.74, 6) is 1.26. The molecule has 0 radical (unpaired) electrons. The van der Waals surface area contributed by atoms with Crippen LogP contribution in [0.5, 0.6) is 0 Å². The summed E-state index contributed by atoms with van der Waals surface area (Å²) in [6.45, 7) is 0. The molecule has 0 bridgehead atoms. The van der Waals surface area contributed by atoms with Gasteiger partial charge in [0.05, 0.1) is 0 Å². The van der Waals surface area contributed by atoms with Crippen LogP contribution in [-0.4, -0.2) is 15.0 Å². The van der Waals surface area contributed by atoms with Gasteiger partial charge in [-0.1, -0.05) is 24.3 Å². The SMILES string of the molecule is Nc1nc(-c2nccc3ccccc23)nc2c1CCCC2. The smallest absolute Gasteiger partial charge is 0.181 e. The lowest BCUT2D eigenvalue weighted by Crippen LogP contribution is -2.12. The van der Waals surface area contributed by atoms with Gasteiger partial charge in [0.15, 0.2) is 5.82 Å². The molecule has 0 unspecified atom stereocenters. The van der Waals surface area contributed by atoms with Gasteiger partial charge in [-0.2, -0.15) is 0 Å². The summed E-state index contributed by atoms with van der Waals surface area (Å²) in [5, 5.41) is 2.21. The minimum absolute atomic E-state index is 0.615. The molecule has 104 valence electrons. The van der Waals surface area contributed by atoms with Gasteiger partial charge in [-0.05, 0) is 37.1 Å². The molecule has 3 aromatic rings. The molecule has 1 aliphatic rings. The number of hydrogen-bond acceptors (Lipinski definition) is 4. The fourth-order valence-corrected chi connectivity index (χ4v) is 3.03. The molecule has 0 fully saturated rings. The van der Waals surface area contributed by atoms with Crippen molar-refractivity contribution in [1.29, 1.82) is 0 Å². The van der Waals surface area contributed by atoms with Gasteiger partial charge in [0, 0.05) is 22.8 Å². The van der Waals surface area contributed by atoms with Crippen molar-refractivity contribution in [3.8, 4) is 11.5 Å². The van der Waals surface area contributed by atoms with Crippen LogP contribution in [-0.2, 0) is 12.8 Å². The maximum absolute atomic E-state index is 6.14. The number of anilines is 1. The number of fused-ring (bicyclic) bond motifs is 2. The van der Waals surface area contributed by atoms with Crippen LogP contribution in [0.3, 0.4) is 0 Å². The van der Waals surface area contributed by atoms with E-state index in [1.807, 2.05) is 18.2 Å². The van der Waals surface area contributed by atoms with Gasteiger partial charge in [0.2, 0.25) is 0 Å².